The summed E-state index contributed by atoms with van der Waals surface area (Å²) < 4.78 is 30.8. The van der Waals surface area contributed by atoms with Gasteiger partial charge in [-0.15, -0.1) is 0 Å². The van der Waals surface area contributed by atoms with Crippen LogP contribution in [-0.2, 0) is 16.0 Å². The quantitative estimate of drug-likeness (QED) is 0.447. The molecule has 0 fully saturated rings. The first kappa shape index (κ1) is 16.8. The van der Waals surface area contributed by atoms with Crippen LogP contribution < -0.4 is 0 Å². The number of ether oxygens (including phenoxy) is 1. The van der Waals surface area contributed by atoms with Crippen LogP contribution in [0.4, 0.5) is 8.78 Å². The van der Waals surface area contributed by atoms with Crippen molar-refractivity contribution in [3.05, 3.63) is 53.3 Å². The van der Waals surface area contributed by atoms with E-state index in [1.165, 1.54) is 0 Å². The normalized spacial score (nSPS) is 10.8. The second-order valence-corrected chi connectivity index (χ2v) is 4.83. The highest BCUT2D eigenvalue weighted by atomic mass is 19.3. The molecule has 0 saturated carbocycles. The zero-order valence-corrected chi connectivity index (χ0v) is 12.5. The lowest BCUT2D eigenvalue weighted by Crippen LogP contribution is -2.13. The number of esters is 1. The van der Waals surface area contributed by atoms with Gasteiger partial charge in [-0.05, 0) is 12.5 Å². The molecule has 0 saturated heterocycles. The van der Waals surface area contributed by atoms with Crippen LogP contribution in [0.2, 0.25) is 0 Å². The number of hydrogen-bond donors (Lipinski definition) is 0. The first-order chi connectivity index (χ1) is 11.0. The molecule has 0 aliphatic carbocycles. The Morgan fingerprint density at radius 1 is 1.26 bits per heavy atom. The van der Waals surface area contributed by atoms with Crippen LogP contribution in [0.3, 0.4) is 0 Å². The van der Waals surface area contributed by atoms with Gasteiger partial charge in [-0.3, -0.25) is 9.59 Å². The summed E-state index contributed by atoms with van der Waals surface area (Å²) in [5, 5.41) is 3.63. The second kappa shape index (κ2) is 7.62. The first-order valence-corrected chi connectivity index (χ1v) is 7.10. The highest BCUT2D eigenvalue weighted by molar-refractivity contribution is 6.05. The largest absolute Gasteiger partial charge is 0.466 e. The fourth-order valence-corrected chi connectivity index (χ4v) is 2.14. The van der Waals surface area contributed by atoms with Crippen molar-refractivity contribution in [1.82, 2.24) is 9.78 Å². The lowest BCUT2D eigenvalue weighted by Gasteiger charge is -2.03. The van der Waals surface area contributed by atoms with E-state index in [4.69, 9.17) is 4.74 Å². The fraction of sp³-hybridized carbons (Fsp3) is 0.312. The van der Waals surface area contributed by atoms with Crippen molar-refractivity contribution in [2.75, 3.05) is 6.61 Å². The molecule has 0 spiro atoms. The van der Waals surface area contributed by atoms with E-state index in [2.05, 4.69) is 5.10 Å². The van der Waals surface area contributed by atoms with E-state index in [-0.39, 0.29) is 18.7 Å². The van der Waals surface area contributed by atoms with Gasteiger partial charge in [0.15, 0.2) is 5.78 Å². The summed E-state index contributed by atoms with van der Waals surface area (Å²) in [5.41, 5.74) is 1.08. The lowest BCUT2D eigenvalue weighted by atomic mass is 10.0. The minimum atomic E-state index is -2.85. The van der Waals surface area contributed by atoms with Gasteiger partial charge in [-0.1, -0.05) is 30.3 Å². The van der Waals surface area contributed by atoms with Gasteiger partial charge in [0.2, 0.25) is 0 Å². The minimum Gasteiger partial charge on any atom is -0.466 e. The molecular formula is C16H16F2N2O3. The Kier molecular flexibility index (Phi) is 5.56. The number of aromatic nitrogens is 2. The van der Waals surface area contributed by atoms with Gasteiger partial charge in [0.05, 0.1) is 6.61 Å². The monoisotopic (exact) mass is 322 g/mol. The molecule has 5 nitrogen and oxygen atoms in total. The van der Waals surface area contributed by atoms with Crippen molar-refractivity contribution in [3.8, 4) is 0 Å². The third kappa shape index (κ3) is 4.45. The van der Waals surface area contributed by atoms with Crippen LogP contribution >= 0.6 is 0 Å². The third-order valence-corrected chi connectivity index (χ3v) is 3.12. The third-order valence-electron chi connectivity index (χ3n) is 3.12. The van der Waals surface area contributed by atoms with Crippen LogP contribution in [0.1, 0.15) is 41.5 Å². The van der Waals surface area contributed by atoms with Crippen molar-refractivity contribution < 1.29 is 23.1 Å². The number of hydrogen-bond acceptors (Lipinski definition) is 4. The molecule has 0 radical (unpaired) electrons. The van der Waals surface area contributed by atoms with Crippen LogP contribution in [0.5, 0.6) is 0 Å². The number of alkyl halides is 2. The van der Waals surface area contributed by atoms with Crippen molar-refractivity contribution in [1.29, 1.82) is 0 Å². The number of carbonyl (C=O) groups excluding carboxylic acids is 2. The number of nitrogens with zero attached hydrogens (tertiary/aromatic N) is 2. The molecule has 7 heteroatoms. The molecule has 0 unspecified atom stereocenters. The summed E-state index contributed by atoms with van der Waals surface area (Å²) in [6.45, 7) is -1.09. The van der Waals surface area contributed by atoms with Crippen LogP contribution in [0.25, 0.3) is 0 Å². The predicted octanol–water partition coefficient (Wildman–Crippen LogP) is 3.00. The molecule has 0 amide bonds. The number of Topliss-reactive ketones (excluding diaryl/α,β-unsaturated/α-hetero) is 1. The molecule has 1 aromatic heterocycles. The zero-order chi connectivity index (χ0) is 16.8. The topological polar surface area (TPSA) is 61.2 Å². The predicted molar refractivity (Wildman–Crippen MR) is 78.3 cm³/mol. The molecular weight excluding hydrogens is 306 g/mol. The van der Waals surface area contributed by atoms with E-state index in [1.807, 2.05) is 30.3 Å². The smallest absolute Gasteiger partial charge is 0.333 e. The van der Waals surface area contributed by atoms with Crippen LogP contribution in [0, 0.1) is 0 Å². The first-order valence-electron chi connectivity index (χ1n) is 7.10. The Bertz CT molecular complexity index is 684. The molecule has 2 rings (SSSR count). The summed E-state index contributed by atoms with van der Waals surface area (Å²) in [7, 11) is 0. The molecule has 0 aliphatic rings. The number of halogens is 2. The fourth-order valence-electron chi connectivity index (χ4n) is 2.14. The maximum Gasteiger partial charge on any atom is 0.333 e. The van der Waals surface area contributed by atoms with Gasteiger partial charge in [0.25, 0.3) is 0 Å². The molecule has 0 N–H and O–H groups in total. The van der Waals surface area contributed by atoms with Gasteiger partial charge in [-0.25, -0.2) is 4.68 Å². The maximum atomic E-state index is 12.8. The van der Waals surface area contributed by atoms with E-state index in [0.717, 1.165) is 11.8 Å². The highest BCUT2D eigenvalue weighted by Crippen LogP contribution is 2.19. The van der Waals surface area contributed by atoms with E-state index in [0.29, 0.717) is 10.2 Å². The Morgan fingerprint density at radius 3 is 2.57 bits per heavy atom. The SMILES string of the molecule is CCOC(=O)CC(=O)c1nn(C(F)F)cc1Cc1ccccc1. The summed E-state index contributed by atoms with van der Waals surface area (Å²) in [6, 6.07) is 9.09. The average molecular weight is 322 g/mol. The minimum absolute atomic E-state index is 0.123. The molecule has 23 heavy (non-hydrogen) atoms. The van der Waals surface area contributed by atoms with Gasteiger partial charge >= 0.3 is 12.5 Å². The lowest BCUT2D eigenvalue weighted by molar-refractivity contribution is -0.141. The van der Waals surface area contributed by atoms with Crippen LogP contribution in [-0.4, -0.2) is 28.1 Å². The molecule has 1 aromatic carbocycles. The van der Waals surface area contributed by atoms with E-state index >= 15 is 0 Å². The van der Waals surface area contributed by atoms with Crippen molar-refractivity contribution in [3.63, 3.8) is 0 Å². The standard InChI is InChI=1S/C16H16F2N2O3/c1-2-23-14(22)9-13(21)15-12(10-20(19-15)16(17)18)8-11-6-4-3-5-7-11/h3-7,10,16H,2,8-9H2,1H3. The van der Waals surface area contributed by atoms with E-state index in [9.17, 15) is 18.4 Å². The Hall–Kier alpha value is -2.57. The van der Waals surface area contributed by atoms with Gasteiger partial charge in [0, 0.05) is 18.2 Å². The summed E-state index contributed by atoms with van der Waals surface area (Å²) in [6.07, 6.45) is 0.892. The van der Waals surface area contributed by atoms with Crippen molar-refractivity contribution >= 4 is 11.8 Å². The summed E-state index contributed by atoms with van der Waals surface area (Å²) in [5.74, 6) is -1.33. The van der Waals surface area contributed by atoms with Gasteiger partial charge in [0.1, 0.15) is 12.1 Å². The Balaban J connectivity index is 2.26. The molecule has 0 bridgehead atoms. The number of benzene rings is 1. The molecule has 122 valence electrons. The van der Waals surface area contributed by atoms with Gasteiger partial charge in [-0.2, -0.15) is 13.9 Å². The van der Waals surface area contributed by atoms with Crippen molar-refractivity contribution in [2.24, 2.45) is 0 Å². The molecule has 0 aliphatic heterocycles. The molecule has 1 heterocycles. The highest BCUT2D eigenvalue weighted by Gasteiger charge is 2.22. The number of rotatable bonds is 7. The number of carbonyl (C=O) groups is 2. The van der Waals surface area contributed by atoms with E-state index in [1.54, 1.807) is 6.92 Å². The maximum absolute atomic E-state index is 12.8. The van der Waals surface area contributed by atoms with Crippen LogP contribution in [0.15, 0.2) is 36.5 Å². The second-order valence-electron chi connectivity index (χ2n) is 4.83. The van der Waals surface area contributed by atoms with Gasteiger partial charge < -0.3 is 4.74 Å². The Labute approximate surface area is 131 Å². The summed E-state index contributed by atoms with van der Waals surface area (Å²) >= 11 is 0. The molecule has 2 aromatic rings. The van der Waals surface area contributed by atoms with E-state index < -0.39 is 24.7 Å². The Morgan fingerprint density at radius 2 is 1.96 bits per heavy atom. The zero-order valence-electron chi connectivity index (χ0n) is 12.5. The molecule has 0 atom stereocenters. The number of ketones is 1. The van der Waals surface area contributed by atoms with Crippen molar-refractivity contribution in [2.45, 2.75) is 26.3 Å². The summed E-state index contributed by atoms with van der Waals surface area (Å²) in [4.78, 5) is 23.6. The average Bonchev–Trinajstić information content (AvgIpc) is 2.92.